The molecule has 0 fully saturated rings. The van der Waals surface area contributed by atoms with Crippen molar-refractivity contribution in [1.29, 1.82) is 0 Å². The van der Waals surface area contributed by atoms with Gasteiger partial charge in [-0.2, -0.15) is 0 Å². The molecule has 4 aromatic carbocycles. The molecule has 4 aliphatic carbocycles. The third-order valence-corrected chi connectivity index (χ3v) is 13.0. The number of fused-ring (bicyclic) bond motifs is 6. The van der Waals surface area contributed by atoms with E-state index >= 15 is 0 Å². The molecule has 0 spiro atoms. The predicted octanol–water partition coefficient (Wildman–Crippen LogP) is 11.8. The molecule has 1 aliphatic heterocycles. The van der Waals surface area contributed by atoms with Crippen molar-refractivity contribution < 1.29 is 0 Å². The first-order valence-electron chi connectivity index (χ1n) is 16.7. The highest BCUT2D eigenvalue weighted by Crippen LogP contribution is 2.66. The normalized spacial score (nSPS) is 30.4. The van der Waals surface area contributed by atoms with Gasteiger partial charge in [-0.3, -0.25) is 0 Å². The Morgan fingerprint density at radius 3 is 2.35 bits per heavy atom. The van der Waals surface area contributed by atoms with Gasteiger partial charge in [-0.25, -0.2) is 0 Å². The monoisotopic (exact) mass is 610 g/mol. The molecular weight excluding hydrogens is 573 g/mol. The second-order valence-electron chi connectivity index (χ2n) is 14.0. The van der Waals surface area contributed by atoms with E-state index in [9.17, 15) is 0 Å². The number of thioether (sulfide) groups is 1. The zero-order chi connectivity index (χ0) is 31.0. The molecule has 6 atom stereocenters. The maximum Gasteiger partial charge on any atom is 0.0355 e. The van der Waals surface area contributed by atoms with Crippen molar-refractivity contribution in [3.8, 4) is 0 Å². The lowest BCUT2D eigenvalue weighted by Gasteiger charge is -2.49. The molecule has 0 bridgehead atoms. The highest BCUT2D eigenvalue weighted by molar-refractivity contribution is 8.03. The van der Waals surface area contributed by atoms with Gasteiger partial charge in [0.05, 0.1) is 0 Å². The van der Waals surface area contributed by atoms with Gasteiger partial charge in [0.2, 0.25) is 0 Å². The zero-order valence-electron chi connectivity index (χ0n) is 26.7. The van der Waals surface area contributed by atoms with Gasteiger partial charge in [-0.15, -0.1) is 0 Å². The van der Waals surface area contributed by atoms with E-state index in [0.717, 1.165) is 0 Å². The summed E-state index contributed by atoms with van der Waals surface area (Å²) in [4.78, 5) is 2.93. The summed E-state index contributed by atoms with van der Waals surface area (Å²) < 4.78 is 0. The summed E-state index contributed by atoms with van der Waals surface area (Å²) in [6, 6.07) is 34.3. The molecule has 6 unspecified atom stereocenters. The maximum absolute atomic E-state index is 2.57. The lowest BCUT2D eigenvalue weighted by atomic mass is 9.54. The fraction of sp³-hybridized carbons (Fsp3) is 0.200. The Kier molecular flexibility index (Phi) is 6.28. The van der Waals surface area contributed by atoms with Crippen molar-refractivity contribution in [1.82, 2.24) is 0 Å². The van der Waals surface area contributed by atoms with E-state index in [1.54, 1.807) is 0 Å². The van der Waals surface area contributed by atoms with Crippen LogP contribution in [-0.2, 0) is 5.41 Å². The molecule has 0 N–H and O–H groups in total. The second kappa shape index (κ2) is 10.3. The minimum absolute atomic E-state index is 0.169. The standard InChI is InChI=1S/C45H38S/c1-29-15-4-6-18-31(29)36-26-27-39(45(3)37-23-10-11-25-40(37)46-43(36)45)41-33-20-8-9-21-35(33)42(44(2)28-13-12-24-38(41)44)34-22-14-17-30-16-5-7-19-32(30)34/h4-29,31,39,42H,1-3H3. The Labute approximate surface area is 277 Å². The lowest BCUT2D eigenvalue weighted by Crippen LogP contribution is -2.39. The average molecular weight is 611 g/mol. The van der Waals surface area contributed by atoms with Gasteiger partial charge in [-0.05, 0) is 68.7 Å². The van der Waals surface area contributed by atoms with E-state index in [0.29, 0.717) is 11.8 Å². The second-order valence-corrected chi connectivity index (χ2v) is 15.0. The van der Waals surface area contributed by atoms with Crippen LogP contribution in [0.1, 0.15) is 48.9 Å². The highest BCUT2D eigenvalue weighted by Gasteiger charge is 2.53. The molecule has 1 heterocycles. The van der Waals surface area contributed by atoms with Gasteiger partial charge in [0.25, 0.3) is 0 Å². The Bertz CT molecular complexity index is 2140. The summed E-state index contributed by atoms with van der Waals surface area (Å²) in [6.45, 7) is 7.39. The Hall–Kier alpha value is -4.33. The summed E-state index contributed by atoms with van der Waals surface area (Å²) in [5.41, 5.74) is 9.75. The van der Waals surface area contributed by atoms with Crippen LogP contribution in [0.25, 0.3) is 16.3 Å². The Morgan fingerprint density at radius 2 is 1.43 bits per heavy atom. The van der Waals surface area contributed by atoms with Crippen LogP contribution in [-0.4, -0.2) is 0 Å². The van der Waals surface area contributed by atoms with Gasteiger partial charge in [0, 0.05) is 38.4 Å². The Morgan fingerprint density at radius 1 is 0.674 bits per heavy atom. The van der Waals surface area contributed by atoms with Crippen molar-refractivity contribution in [3.63, 3.8) is 0 Å². The summed E-state index contributed by atoms with van der Waals surface area (Å²) in [5.74, 6) is 1.25. The van der Waals surface area contributed by atoms with Crippen LogP contribution in [0.4, 0.5) is 0 Å². The van der Waals surface area contributed by atoms with Crippen molar-refractivity contribution in [3.05, 3.63) is 190 Å². The third-order valence-electron chi connectivity index (χ3n) is 11.5. The van der Waals surface area contributed by atoms with Crippen LogP contribution < -0.4 is 0 Å². The summed E-state index contributed by atoms with van der Waals surface area (Å²) >= 11 is 2.01. The molecule has 46 heavy (non-hydrogen) atoms. The first-order valence-corrected chi connectivity index (χ1v) is 17.5. The molecular formula is C45H38S. The topological polar surface area (TPSA) is 0 Å². The minimum atomic E-state index is -0.201. The molecule has 4 aromatic rings. The first kappa shape index (κ1) is 27.9. The lowest BCUT2D eigenvalue weighted by molar-refractivity contribution is 0.430. The Balaban J connectivity index is 1.31. The number of allylic oxidation sites excluding steroid dienone is 14. The molecule has 224 valence electrons. The molecule has 1 heteroatoms. The van der Waals surface area contributed by atoms with Crippen molar-refractivity contribution >= 4 is 28.1 Å². The minimum Gasteiger partial charge on any atom is -0.0929 e. The SMILES string of the molecule is CC1C=CC=CC1C1=C2Sc3ccccc3C2(C)C(C2=C3C=CC=CC3(C)C(c3cccc4ccccc34)c3ccccc32)C=C1. The number of hydrogen-bond donors (Lipinski definition) is 0. The fourth-order valence-corrected chi connectivity index (χ4v) is 10.8. The van der Waals surface area contributed by atoms with E-state index in [1.807, 2.05) is 11.8 Å². The van der Waals surface area contributed by atoms with E-state index in [2.05, 4.69) is 173 Å². The summed E-state index contributed by atoms with van der Waals surface area (Å²) in [5, 5.41) is 2.65. The fourth-order valence-electron chi connectivity index (χ4n) is 9.31. The van der Waals surface area contributed by atoms with Crippen molar-refractivity contribution in [2.24, 2.45) is 23.2 Å². The number of hydrogen-bond acceptors (Lipinski definition) is 1. The van der Waals surface area contributed by atoms with Crippen LogP contribution in [0.3, 0.4) is 0 Å². The molecule has 0 radical (unpaired) electrons. The van der Waals surface area contributed by atoms with Crippen LogP contribution >= 0.6 is 11.8 Å². The van der Waals surface area contributed by atoms with Crippen molar-refractivity contribution in [2.75, 3.05) is 0 Å². The van der Waals surface area contributed by atoms with E-state index in [-0.39, 0.29) is 22.7 Å². The average Bonchev–Trinajstić information content (AvgIpc) is 3.40. The number of rotatable bonds is 3. The van der Waals surface area contributed by atoms with Crippen LogP contribution in [0, 0.1) is 23.2 Å². The molecule has 0 nitrogen and oxygen atoms in total. The third kappa shape index (κ3) is 3.82. The largest absolute Gasteiger partial charge is 0.0929 e. The number of benzene rings is 4. The predicted molar refractivity (Wildman–Crippen MR) is 196 cm³/mol. The van der Waals surface area contributed by atoms with E-state index in [4.69, 9.17) is 0 Å². The molecule has 0 saturated heterocycles. The summed E-state index contributed by atoms with van der Waals surface area (Å²) in [7, 11) is 0. The maximum atomic E-state index is 2.57. The van der Waals surface area contributed by atoms with Crippen LogP contribution in [0.15, 0.2) is 173 Å². The van der Waals surface area contributed by atoms with E-state index in [1.165, 1.54) is 59.5 Å². The van der Waals surface area contributed by atoms with E-state index < -0.39 is 0 Å². The van der Waals surface area contributed by atoms with Gasteiger partial charge in [-0.1, -0.05) is 171 Å². The molecule has 0 saturated carbocycles. The molecule has 5 aliphatic rings. The van der Waals surface area contributed by atoms with Crippen LogP contribution in [0.2, 0.25) is 0 Å². The summed E-state index contributed by atoms with van der Waals surface area (Å²) in [6.07, 6.45) is 23.8. The first-order chi connectivity index (χ1) is 22.5. The van der Waals surface area contributed by atoms with Crippen molar-refractivity contribution in [2.45, 2.75) is 37.0 Å². The van der Waals surface area contributed by atoms with Crippen LogP contribution in [0.5, 0.6) is 0 Å². The quantitative estimate of drug-likeness (QED) is 0.222. The van der Waals surface area contributed by atoms with Gasteiger partial charge >= 0.3 is 0 Å². The zero-order valence-corrected chi connectivity index (χ0v) is 27.5. The molecule has 0 amide bonds. The highest BCUT2D eigenvalue weighted by atomic mass is 32.2. The molecule has 9 rings (SSSR count). The molecule has 0 aromatic heterocycles. The van der Waals surface area contributed by atoms with Gasteiger partial charge in [0.15, 0.2) is 0 Å². The smallest absolute Gasteiger partial charge is 0.0355 e. The van der Waals surface area contributed by atoms with Gasteiger partial charge < -0.3 is 0 Å². The van der Waals surface area contributed by atoms with Gasteiger partial charge in [0.1, 0.15) is 0 Å².